The summed E-state index contributed by atoms with van der Waals surface area (Å²) in [6.45, 7) is 3.87. The summed E-state index contributed by atoms with van der Waals surface area (Å²) in [4.78, 5) is 16.5. The molecule has 23 heavy (non-hydrogen) atoms. The molecule has 3 N–H and O–H groups in total. The molecule has 4 nitrogen and oxygen atoms in total. The Balaban J connectivity index is 0.00000192. The van der Waals surface area contributed by atoms with Crippen LogP contribution in [0.15, 0.2) is 23.6 Å². The van der Waals surface area contributed by atoms with E-state index < -0.39 is 6.04 Å². The van der Waals surface area contributed by atoms with Gasteiger partial charge >= 0.3 is 0 Å². The number of anilines is 1. The van der Waals surface area contributed by atoms with Gasteiger partial charge in [0.15, 0.2) is 5.13 Å². The summed E-state index contributed by atoms with van der Waals surface area (Å²) in [7, 11) is 0. The van der Waals surface area contributed by atoms with Crippen molar-refractivity contribution in [3.8, 4) is 11.3 Å². The first-order valence-electron chi connectivity index (χ1n) is 7.69. The first-order valence-corrected chi connectivity index (χ1v) is 8.56. The Morgan fingerprint density at radius 3 is 2.78 bits per heavy atom. The summed E-state index contributed by atoms with van der Waals surface area (Å²) in [6.07, 6.45) is 3.57. The summed E-state index contributed by atoms with van der Waals surface area (Å²) < 4.78 is 0. The summed E-state index contributed by atoms with van der Waals surface area (Å²) >= 11 is 1.44. The molecule has 2 aromatic rings. The molecule has 0 spiro atoms. The zero-order valence-corrected chi connectivity index (χ0v) is 15.0. The van der Waals surface area contributed by atoms with Gasteiger partial charge in [0.05, 0.1) is 11.7 Å². The number of amides is 1. The molecule has 0 aliphatic heterocycles. The van der Waals surface area contributed by atoms with E-state index in [-0.39, 0.29) is 24.2 Å². The fourth-order valence-electron chi connectivity index (χ4n) is 2.69. The van der Waals surface area contributed by atoms with E-state index in [0.717, 1.165) is 17.7 Å². The number of fused-ring (bicyclic) bond motifs is 1. The maximum atomic E-state index is 12.0. The molecule has 1 aromatic carbocycles. The quantitative estimate of drug-likeness (QED) is 0.883. The number of benzene rings is 1. The van der Waals surface area contributed by atoms with E-state index in [2.05, 4.69) is 28.5 Å². The first-order chi connectivity index (χ1) is 10.5. The van der Waals surface area contributed by atoms with Gasteiger partial charge in [0.1, 0.15) is 0 Å². The van der Waals surface area contributed by atoms with Crippen molar-refractivity contribution < 1.29 is 4.79 Å². The lowest BCUT2D eigenvalue weighted by Crippen LogP contribution is -2.39. The molecular weight excluding hydrogens is 330 g/mol. The van der Waals surface area contributed by atoms with Crippen LogP contribution >= 0.6 is 23.7 Å². The molecule has 1 unspecified atom stereocenters. The van der Waals surface area contributed by atoms with Crippen molar-refractivity contribution in [2.75, 3.05) is 5.32 Å². The molecule has 3 rings (SSSR count). The van der Waals surface area contributed by atoms with Gasteiger partial charge in [-0.25, -0.2) is 4.98 Å². The number of thiazole rings is 1. The van der Waals surface area contributed by atoms with Crippen LogP contribution in [-0.2, 0) is 17.6 Å². The lowest BCUT2D eigenvalue weighted by molar-refractivity contribution is -0.118. The fraction of sp³-hybridized carbons (Fsp3) is 0.412. The number of hydrogen-bond donors (Lipinski definition) is 2. The minimum absolute atomic E-state index is 0. The van der Waals surface area contributed by atoms with Crippen LogP contribution in [0.1, 0.15) is 31.4 Å². The molecule has 1 atom stereocenters. The third-order valence-electron chi connectivity index (χ3n) is 4.15. The van der Waals surface area contributed by atoms with Crippen LogP contribution in [0.4, 0.5) is 5.13 Å². The summed E-state index contributed by atoms with van der Waals surface area (Å²) in [5, 5.41) is 5.40. The third-order valence-corrected chi connectivity index (χ3v) is 4.91. The van der Waals surface area contributed by atoms with Gasteiger partial charge in [0.2, 0.25) is 5.91 Å². The smallest absolute Gasteiger partial charge is 0.243 e. The Hall–Kier alpha value is -1.43. The Morgan fingerprint density at radius 2 is 2.04 bits per heavy atom. The minimum atomic E-state index is -0.507. The highest BCUT2D eigenvalue weighted by Gasteiger charge is 2.19. The molecule has 0 saturated heterocycles. The number of halogens is 1. The predicted octanol–water partition coefficient (Wildman–Crippen LogP) is 3.64. The van der Waals surface area contributed by atoms with Gasteiger partial charge in [0.25, 0.3) is 0 Å². The Labute approximate surface area is 146 Å². The van der Waals surface area contributed by atoms with Crippen molar-refractivity contribution in [2.45, 2.75) is 39.2 Å². The topological polar surface area (TPSA) is 68.0 Å². The Kier molecular flexibility index (Phi) is 5.79. The number of hydrogen-bond acceptors (Lipinski definition) is 4. The monoisotopic (exact) mass is 351 g/mol. The fourth-order valence-corrected chi connectivity index (χ4v) is 3.41. The second kappa shape index (κ2) is 7.43. The van der Waals surface area contributed by atoms with Gasteiger partial charge in [-0.15, -0.1) is 23.7 Å². The van der Waals surface area contributed by atoms with Crippen LogP contribution in [0.25, 0.3) is 11.3 Å². The first kappa shape index (κ1) is 17.9. The zero-order valence-electron chi connectivity index (χ0n) is 13.3. The number of carbonyl (C=O) groups is 1. The molecule has 1 heterocycles. The van der Waals surface area contributed by atoms with Crippen molar-refractivity contribution in [2.24, 2.45) is 11.7 Å². The highest BCUT2D eigenvalue weighted by molar-refractivity contribution is 7.14. The van der Waals surface area contributed by atoms with Crippen molar-refractivity contribution >= 4 is 34.8 Å². The number of nitrogens with zero attached hydrogens (tertiary/aromatic N) is 1. The van der Waals surface area contributed by atoms with Gasteiger partial charge in [0, 0.05) is 10.9 Å². The minimum Gasteiger partial charge on any atom is -0.320 e. The van der Waals surface area contributed by atoms with Crippen LogP contribution in [0.5, 0.6) is 0 Å². The van der Waals surface area contributed by atoms with Crippen molar-refractivity contribution in [3.05, 3.63) is 34.7 Å². The van der Waals surface area contributed by atoms with Crippen molar-refractivity contribution in [3.63, 3.8) is 0 Å². The lowest BCUT2D eigenvalue weighted by Gasteiger charge is -2.13. The van der Waals surface area contributed by atoms with Crippen molar-refractivity contribution in [1.29, 1.82) is 0 Å². The molecule has 1 aliphatic carbocycles. The molecule has 0 fully saturated rings. The zero-order chi connectivity index (χ0) is 15.7. The van der Waals surface area contributed by atoms with Gasteiger partial charge < -0.3 is 11.1 Å². The van der Waals surface area contributed by atoms with E-state index >= 15 is 0 Å². The highest BCUT2D eigenvalue weighted by Crippen LogP contribution is 2.30. The van der Waals surface area contributed by atoms with Crippen LogP contribution in [0.3, 0.4) is 0 Å². The van der Waals surface area contributed by atoms with Crippen LogP contribution in [0, 0.1) is 5.92 Å². The number of rotatable bonds is 4. The number of carbonyl (C=O) groups excluding carboxylic acids is 1. The summed E-state index contributed by atoms with van der Waals surface area (Å²) in [5.41, 5.74) is 10.8. The molecule has 0 bridgehead atoms. The van der Waals surface area contributed by atoms with E-state index in [0.29, 0.717) is 5.13 Å². The third kappa shape index (κ3) is 3.91. The van der Waals surface area contributed by atoms with Crippen LogP contribution in [0.2, 0.25) is 0 Å². The largest absolute Gasteiger partial charge is 0.320 e. The number of aromatic nitrogens is 1. The normalized spacial score (nSPS) is 14.3. The van der Waals surface area contributed by atoms with Gasteiger partial charge in [-0.2, -0.15) is 0 Å². The average Bonchev–Trinajstić information content (AvgIpc) is 3.13. The van der Waals surface area contributed by atoms with Gasteiger partial charge in [-0.3, -0.25) is 4.79 Å². The predicted molar refractivity (Wildman–Crippen MR) is 98.3 cm³/mol. The SMILES string of the molecule is CC(C)C(N)C(=O)Nc1nc(-c2ccc3c(c2)CCC3)cs1.Cl. The van der Waals surface area contributed by atoms with E-state index in [1.165, 1.54) is 35.3 Å². The molecule has 1 amide bonds. The lowest BCUT2D eigenvalue weighted by atomic mass is 10.1. The molecule has 0 radical (unpaired) electrons. The maximum Gasteiger partial charge on any atom is 0.243 e. The summed E-state index contributed by atoms with van der Waals surface area (Å²) in [5.74, 6) is -0.0685. The van der Waals surface area contributed by atoms with E-state index in [1.54, 1.807) is 0 Å². The van der Waals surface area contributed by atoms with E-state index in [4.69, 9.17) is 5.73 Å². The molecule has 124 valence electrons. The molecular formula is C17H22ClN3OS. The number of nitrogens with one attached hydrogen (secondary N) is 1. The van der Waals surface area contributed by atoms with Crippen LogP contribution < -0.4 is 11.1 Å². The second-order valence-electron chi connectivity index (χ2n) is 6.13. The molecule has 0 saturated carbocycles. The van der Waals surface area contributed by atoms with Gasteiger partial charge in [-0.05, 0) is 42.4 Å². The molecule has 1 aliphatic rings. The highest BCUT2D eigenvalue weighted by atomic mass is 35.5. The van der Waals surface area contributed by atoms with Crippen LogP contribution in [-0.4, -0.2) is 16.9 Å². The standard InChI is InChI=1S/C17H21N3OS.ClH/c1-10(2)15(18)16(21)20-17-19-14(9-22-17)13-7-6-11-4-3-5-12(11)8-13;/h6-10,15H,3-5,18H2,1-2H3,(H,19,20,21);1H. The average molecular weight is 352 g/mol. The van der Waals surface area contributed by atoms with Gasteiger partial charge in [-0.1, -0.05) is 26.0 Å². The van der Waals surface area contributed by atoms with Crippen molar-refractivity contribution in [1.82, 2.24) is 4.98 Å². The number of aryl methyl sites for hydroxylation is 2. The van der Waals surface area contributed by atoms with E-state index in [9.17, 15) is 4.79 Å². The summed E-state index contributed by atoms with van der Waals surface area (Å²) in [6, 6.07) is 6.03. The van der Waals surface area contributed by atoms with E-state index in [1.807, 2.05) is 19.2 Å². The molecule has 1 aromatic heterocycles. The maximum absolute atomic E-state index is 12.0. The number of nitrogens with two attached hydrogens (primary N) is 1. The second-order valence-corrected chi connectivity index (χ2v) is 6.99. The molecule has 6 heteroatoms. The Morgan fingerprint density at radius 1 is 1.30 bits per heavy atom. The Bertz CT molecular complexity index is 699.